The third kappa shape index (κ3) is 11.8. The number of ether oxygens (including phenoxy) is 1. The minimum Gasteiger partial charge on any atom is -0.491 e. The fraction of sp³-hybridized carbons (Fsp3) is 0.157. The van der Waals surface area contributed by atoms with Crippen molar-refractivity contribution >= 4 is 75.8 Å². The van der Waals surface area contributed by atoms with E-state index in [9.17, 15) is 0 Å². The monoisotopic (exact) mass is 1430 g/mol. The molecule has 0 aromatic heterocycles. The smallest absolute Gasteiger partial charge is 0.225 e. The van der Waals surface area contributed by atoms with Crippen LogP contribution in [0.1, 0.15) is 44.1 Å². The molecule has 2 saturated heterocycles. The van der Waals surface area contributed by atoms with Crippen LogP contribution in [0.5, 0.6) is 5.75 Å². The Morgan fingerprint density at radius 1 is 0.409 bits per heavy atom. The summed E-state index contributed by atoms with van der Waals surface area (Å²) in [6, 6.07) is 133. The quantitative estimate of drug-likeness (QED) is 0.101. The van der Waals surface area contributed by atoms with Crippen LogP contribution in [-0.4, -0.2) is 54.2 Å². The molecule has 0 spiro atoms. The summed E-state index contributed by atoms with van der Waals surface area (Å²) >= 11 is 2.27. The first-order valence-electron chi connectivity index (χ1n) is 39.9. The molecule has 0 bridgehead atoms. The van der Waals surface area contributed by atoms with Crippen molar-refractivity contribution in [3.05, 3.63) is 399 Å². The molecule has 0 radical (unpaired) electrons. The number of rotatable bonds is 14. The second kappa shape index (κ2) is 28.4. The maximum absolute atomic E-state index is 7.88. The standard InChI is InChI=1S/C102H84B2N4OS/c1-8-27-69(28-9-1)73-47-55-80(56-48-73)105(81-57-49-74(50-58-81)70-29-10-2-11-30-70)84-63-94-100-97(65-84)109-96-46-25-23-44-89(96)104(100)90-67-91-98(68-93(90)108(94)102-86(77-35-16-5-17-36-77)41-26-42-87(102)78-37-18-6-19-38-78)110-99-66-85(64-95-101(99)103(91)88-43-22-24-45-92(88)107(95)79-39-20-7-21-40-79)106(82-59-51-75(52-60-82)71-31-12-3-13-32-71)83-61-53-76(54-62-83)72-33-14-4-15-34-72/h1-49,51-56,59-62,64,67-68,81,84,91,94-95,97-101H,50,57-58,63,65-66H2. The molecule has 8 aliphatic rings. The number of fused-ring (bicyclic) bond motifs is 8. The molecule has 4 aliphatic heterocycles. The summed E-state index contributed by atoms with van der Waals surface area (Å²) in [7, 11) is 0. The Morgan fingerprint density at radius 2 is 0.909 bits per heavy atom. The minimum atomic E-state index is -0.0891. The molecule has 110 heavy (non-hydrogen) atoms. The van der Waals surface area contributed by atoms with Crippen molar-refractivity contribution in [3.8, 4) is 61.4 Å². The normalized spacial score (nSPS) is 22.5. The van der Waals surface area contributed by atoms with Crippen LogP contribution in [0.2, 0.25) is 17.5 Å². The minimum absolute atomic E-state index is 0.0226. The molecule has 1 saturated carbocycles. The van der Waals surface area contributed by atoms with Gasteiger partial charge in [-0.3, -0.25) is 0 Å². The topological polar surface area (TPSA) is 22.2 Å². The maximum Gasteiger partial charge on any atom is 0.225 e. The van der Waals surface area contributed by atoms with E-state index in [4.69, 9.17) is 4.74 Å². The highest BCUT2D eigenvalue weighted by Gasteiger charge is 2.62. The number of anilines is 6. The molecule has 530 valence electrons. The number of benzene rings is 13. The van der Waals surface area contributed by atoms with Crippen LogP contribution < -0.4 is 35.3 Å². The first-order chi connectivity index (χ1) is 54.6. The van der Waals surface area contributed by atoms with Gasteiger partial charge in [0.25, 0.3) is 0 Å². The molecule has 4 heterocycles. The van der Waals surface area contributed by atoms with E-state index >= 15 is 0 Å². The van der Waals surface area contributed by atoms with Crippen molar-refractivity contribution in [3.63, 3.8) is 0 Å². The fourth-order valence-electron chi connectivity index (χ4n) is 20.9. The summed E-state index contributed by atoms with van der Waals surface area (Å²) in [5, 5.41) is 0.357. The Kier molecular flexibility index (Phi) is 17.2. The Balaban J connectivity index is 0.761. The van der Waals surface area contributed by atoms with E-state index in [0.717, 1.165) is 55.6 Å². The van der Waals surface area contributed by atoms with E-state index in [2.05, 4.69) is 408 Å². The highest BCUT2D eigenvalue weighted by atomic mass is 32.2. The third-order valence-electron chi connectivity index (χ3n) is 25.5. The molecule has 21 rings (SSSR count). The van der Waals surface area contributed by atoms with E-state index in [1.165, 1.54) is 117 Å². The predicted molar refractivity (Wildman–Crippen MR) is 465 cm³/mol. The Bertz CT molecular complexity index is 5510. The lowest BCUT2D eigenvalue weighted by molar-refractivity contribution is 0.121. The van der Waals surface area contributed by atoms with Crippen molar-refractivity contribution in [2.24, 2.45) is 0 Å². The molecule has 4 aliphatic carbocycles. The SMILES string of the molecule is C1=C2B3c4ccccc4OC4CC(N(c5ccc(-c6ccccc6)cc5)C5CC=C(c6ccccc6)CC5)CC(C34)N(c3c(-c4ccccc4)cccc3-c3ccccc3)C2=CC2SC3CC(N(c4ccc(-c5ccccc5)cc4)c4ccc(-c5ccccc5)cc4)=CC4C3B(c3ccccc3N4c3ccccc3)C12. The van der Waals surface area contributed by atoms with E-state index in [1.54, 1.807) is 0 Å². The lowest BCUT2D eigenvalue weighted by Crippen LogP contribution is -2.67. The van der Waals surface area contributed by atoms with Gasteiger partial charge in [0, 0.05) is 91.8 Å². The molecule has 13 aromatic carbocycles. The van der Waals surface area contributed by atoms with Crippen LogP contribution in [0, 0.1) is 0 Å². The van der Waals surface area contributed by atoms with Gasteiger partial charge in [-0.05, 0) is 178 Å². The largest absolute Gasteiger partial charge is 0.491 e. The number of allylic oxidation sites excluding steroid dienone is 4. The van der Waals surface area contributed by atoms with Gasteiger partial charge in [0.1, 0.15) is 5.75 Å². The second-order valence-corrected chi connectivity index (χ2v) is 32.8. The molecule has 10 atom stereocenters. The maximum atomic E-state index is 7.88. The zero-order valence-electron chi connectivity index (χ0n) is 61.6. The Labute approximate surface area is 652 Å². The molecule has 13 aromatic rings. The Hall–Kier alpha value is -11.7. The van der Waals surface area contributed by atoms with Gasteiger partial charge < -0.3 is 24.3 Å². The van der Waals surface area contributed by atoms with Crippen molar-refractivity contribution < 1.29 is 4.74 Å². The predicted octanol–water partition coefficient (Wildman–Crippen LogP) is 23.7. The van der Waals surface area contributed by atoms with Crippen LogP contribution >= 0.6 is 11.8 Å². The van der Waals surface area contributed by atoms with Gasteiger partial charge in [0.15, 0.2) is 6.71 Å². The zero-order valence-corrected chi connectivity index (χ0v) is 62.4. The van der Waals surface area contributed by atoms with Crippen molar-refractivity contribution in [2.45, 2.75) is 96.7 Å². The first kappa shape index (κ1) is 66.5. The highest BCUT2D eigenvalue weighted by molar-refractivity contribution is 8.01. The lowest BCUT2D eigenvalue weighted by atomic mass is 9.23. The van der Waals surface area contributed by atoms with Crippen LogP contribution in [0.25, 0.3) is 61.2 Å². The van der Waals surface area contributed by atoms with Gasteiger partial charge in [-0.2, -0.15) is 11.8 Å². The fourth-order valence-corrected chi connectivity index (χ4v) is 22.7. The van der Waals surface area contributed by atoms with E-state index in [-0.39, 0.29) is 71.6 Å². The molecule has 10 unspecified atom stereocenters. The summed E-state index contributed by atoms with van der Waals surface area (Å²) < 4.78 is 7.88. The van der Waals surface area contributed by atoms with Crippen LogP contribution in [-0.2, 0) is 0 Å². The summed E-state index contributed by atoms with van der Waals surface area (Å²) in [5.74, 6) is 1.60. The van der Waals surface area contributed by atoms with Crippen molar-refractivity contribution in [1.29, 1.82) is 0 Å². The van der Waals surface area contributed by atoms with Crippen molar-refractivity contribution in [1.82, 2.24) is 0 Å². The number of thioether (sulfide) groups is 1. The van der Waals surface area contributed by atoms with Gasteiger partial charge in [-0.25, -0.2) is 0 Å². The second-order valence-electron chi connectivity index (χ2n) is 31.4. The molecule has 8 heteroatoms. The Morgan fingerprint density at radius 3 is 1.47 bits per heavy atom. The molecule has 0 N–H and O–H groups in total. The highest BCUT2D eigenvalue weighted by Crippen LogP contribution is 2.63. The average molecular weight is 1440 g/mol. The van der Waals surface area contributed by atoms with Crippen LogP contribution in [0.3, 0.4) is 0 Å². The van der Waals surface area contributed by atoms with E-state index in [0.29, 0.717) is 0 Å². The number of hydrogen-bond donors (Lipinski definition) is 0. The summed E-state index contributed by atoms with van der Waals surface area (Å²) in [6.07, 6.45) is 16.8. The molecule has 3 fully saturated rings. The molecular formula is C102H84B2N4OS. The zero-order chi connectivity index (χ0) is 72.6. The van der Waals surface area contributed by atoms with Gasteiger partial charge in [0.05, 0.1) is 17.8 Å². The van der Waals surface area contributed by atoms with Gasteiger partial charge in [-0.15, -0.1) is 0 Å². The number of hydrogen-bond acceptors (Lipinski definition) is 6. The summed E-state index contributed by atoms with van der Waals surface area (Å²) in [5.41, 5.74) is 29.4. The first-order valence-corrected chi connectivity index (χ1v) is 40.8. The number of para-hydroxylation sites is 4. The van der Waals surface area contributed by atoms with Crippen LogP contribution in [0.4, 0.5) is 34.1 Å². The average Bonchev–Trinajstić information content (AvgIpc) is 0.690. The summed E-state index contributed by atoms with van der Waals surface area (Å²) in [6.45, 7) is 0.288. The van der Waals surface area contributed by atoms with E-state index < -0.39 is 0 Å². The third-order valence-corrected chi connectivity index (χ3v) is 27.1. The number of nitrogens with zero attached hydrogens (tertiary/aromatic N) is 4. The summed E-state index contributed by atoms with van der Waals surface area (Å²) in [4.78, 5) is 11.2. The van der Waals surface area contributed by atoms with Gasteiger partial charge in [0.2, 0.25) is 6.71 Å². The van der Waals surface area contributed by atoms with Gasteiger partial charge in [-0.1, -0.05) is 314 Å². The molecule has 5 nitrogen and oxygen atoms in total. The lowest BCUT2D eigenvalue weighted by Gasteiger charge is -2.61. The molecular weight excluding hydrogens is 1350 g/mol. The van der Waals surface area contributed by atoms with Crippen LogP contribution in [0.15, 0.2) is 393 Å². The van der Waals surface area contributed by atoms with Crippen molar-refractivity contribution in [2.75, 3.05) is 19.6 Å². The van der Waals surface area contributed by atoms with E-state index in [1.807, 2.05) is 0 Å². The van der Waals surface area contributed by atoms with Gasteiger partial charge >= 0.3 is 0 Å². The molecule has 0 amide bonds.